The van der Waals surface area contributed by atoms with Crippen molar-refractivity contribution in [2.24, 2.45) is 5.73 Å². The van der Waals surface area contributed by atoms with Crippen LogP contribution in [-0.2, 0) is 4.79 Å². The summed E-state index contributed by atoms with van der Waals surface area (Å²) in [7, 11) is 0. The summed E-state index contributed by atoms with van der Waals surface area (Å²) in [5.41, 5.74) is 6.58. The summed E-state index contributed by atoms with van der Waals surface area (Å²) >= 11 is 6.38. The van der Waals surface area contributed by atoms with Crippen LogP contribution in [0.15, 0.2) is 36.4 Å². The van der Waals surface area contributed by atoms with Crippen molar-refractivity contribution in [3.63, 3.8) is 0 Å². The fraction of sp³-hybridized carbons (Fsp3) is 0.133. The number of hydrogen-bond acceptors (Lipinski definition) is 4. The maximum Gasteiger partial charge on any atom is 0.321 e. The normalized spacial score (nSPS) is 13.4. The van der Waals surface area contributed by atoms with Gasteiger partial charge >= 0.3 is 5.97 Å². The lowest BCUT2D eigenvalue weighted by atomic mass is 10.1. The van der Waals surface area contributed by atoms with Gasteiger partial charge in [-0.25, -0.2) is 0 Å². The van der Waals surface area contributed by atoms with Crippen molar-refractivity contribution in [3.8, 4) is 17.2 Å². The fourth-order valence-electron chi connectivity index (χ4n) is 1.80. The predicted octanol–water partition coefficient (Wildman–Crippen LogP) is 4.28. The van der Waals surface area contributed by atoms with Gasteiger partial charge in [-0.15, -0.1) is 0 Å². The van der Waals surface area contributed by atoms with Crippen LogP contribution in [0.25, 0.3) is 0 Å². The molecule has 5 nitrogen and oxygen atoms in total. The minimum atomic E-state index is -1.03. The highest BCUT2D eigenvalue weighted by Crippen LogP contribution is 2.38. The van der Waals surface area contributed by atoms with Crippen molar-refractivity contribution < 1.29 is 19.7 Å². The van der Waals surface area contributed by atoms with Gasteiger partial charge in [-0.3, -0.25) is 4.79 Å². The second-order valence-electron chi connectivity index (χ2n) is 4.64. The Morgan fingerprint density at radius 3 is 2.26 bits per heavy atom. The molecule has 0 spiro atoms. The third-order valence-electron chi connectivity index (χ3n) is 3.04. The molecule has 0 amide bonds. The number of alkyl halides is 1. The second-order valence-corrected chi connectivity index (χ2v) is 8.14. The summed E-state index contributed by atoms with van der Waals surface area (Å²) in [5, 5.41) is 18.4. The molecule has 0 saturated carbocycles. The van der Waals surface area contributed by atoms with Gasteiger partial charge in [0.2, 0.25) is 0 Å². The number of carboxylic acids is 1. The van der Waals surface area contributed by atoms with E-state index in [-0.39, 0.29) is 9.67 Å². The molecule has 1 unspecified atom stereocenters. The monoisotopic (exact) mass is 651 g/mol. The quantitative estimate of drug-likeness (QED) is 0.332. The fourth-order valence-corrected chi connectivity index (χ4v) is 4.60. The molecule has 4 N–H and O–H groups in total. The number of rotatable bonds is 5. The third kappa shape index (κ3) is 4.60. The zero-order valence-corrected chi connectivity index (χ0v) is 18.0. The maximum atomic E-state index is 11.1. The first kappa shape index (κ1) is 19.0. The topological polar surface area (TPSA) is 92.8 Å². The zero-order valence-electron chi connectivity index (χ0n) is 11.5. The number of carboxylic acid groups (broad SMARTS) is 1. The Morgan fingerprint density at radius 1 is 1.09 bits per heavy atom. The lowest BCUT2D eigenvalue weighted by molar-refractivity contribution is -0.138. The number of aliphatic carboxylic acids is 1. The first-order valence-corrected chi connectivity index (χ1v) is 9.78. The first-order valence-electron chi connectivity index (χ1n) is 6.38. The number of halogens is 3. The Bertz CT molecular complexity index is 721. The highest BCUT2D eigenvalue weighted by Gasteiger charge is 2.26. The summed E-state index contributed by atoms with van der Waals surface area (Å²) in [6, 6.07) is 9.11. The highest BCUT2D eigenvalue weighted by molar-refractivity contribution is 14.1. The SMILES string of the molecule is N[C@H](C(=O)O)C(I)c1ccc(Oc2ccc(O)cc2)c(I)c1I. The second kappa shape index (κ2) is 8.16. The Balaban J connectivity index is 2.30. The number of phenols is 1. The molecule has 0 aliphatic carbocycles. The third-order valence-corrected chi connectivity index (χ3v) is 7.75. The molecule has 0 heterocycles. The summed E-state index contributed by atoms with van der Waals surface area (Å²) in [6.45, 7) is 0. The highest BCUT2D eigenvalue weighted by atomic mass is 127. The van der Waals surface area contributed by atoms with Gasteiger partial charge in [-0.1, -0.05) is 28.7 Å². The first-order chi connectivity index (χ1) is 10.8. The number of hydrogen-bond donors (Lipinski definition) is 3. The van der Waals surface area contributed by atoms with Gasteiger partial charge in [-0.05, 0) is 81.1 Å². The van der Waals surface area contributed by atoms with Crippen LogP contribution in [0.1, 0.15) is 9.49 Å². The van der Waals surface area contributed by atoms with Gasteiger partial charge in [-0.2, -0.15) is 0 Å². The Labute approximate surface area is 174 Å². The lowest BCUT2D eigenvalue weighted by Gasteiger charge is -2.18. The molecule has 0 aliphatic rings. The van der Waals surface area contributed by atoms with Gasteiger partial charge in [0, 0.05) is 3.57 Å². The molecule has 8 heteroatoms. The smallest absolute Gasteiger partial charge is 0.321 e. The number of carbonyl (C=O) groups is 1. The predicted molar refractivity (Wildman–Crippen MR) is 112 cm³/mol. The minimum absolute atomic E-state index is 0.174. The largest absolute Gasteiger partial charge is 0.508 e. The van der Waals surface area contributed by atoms with E-state index in [4.69, 9.17) is 15.6 Å². The molecule has 0 aromatic heterocycles. The number of nitrogens with two attached hydrogens (primary N) is 1. The summed E-state index contributed by atoms with van der Waals surface area (Å²) < 4.78 is 7.27. The number of phenolic OH excluding ortho intramolecular Hbond substituents is 1. The zero-order chi connectivity index (χ0) is 17.1. The molecule has 122 valence electrons. The van der Waals surface area contributed by atoms with E-state index in [0.717, 1.165) is 12.7 Å². The Morgan fingerprint density at radius 2 is 1.70 bits per heavy atom. The Hall–Kier alpha value is -0.340. The van der Waals surface area contributed by atoms with Crippen LogP contribution in [-0.4, -0.2) is 22.2 Å². The summed E-state index contributed by atoms with van der Waals surface area (Å²) in [6.07, 6.45) is 0. The van der Waals surface area contributed by atoms with Crippen molar-refractivity contribution in [2.75, 3.05) is 0 Å². The van der Waals surface area contributed by atoms with E-state index in [1.165, 1.54) is 0 Å². The molecule has 2 aromatic rings. The van der Waals surface area contributed by atoms with Crippen LogP contribution in [0.4, 0.5) is 0 Å². The van der Waals surface area contributed by atoms with Crippen LogP contribution >= 0.6 is 67.8 Å². The molecule has 23 heavy (non-hydrogen) atoms. The van der Waals surface area contributed by atoms with Crippen molar-refractivity contribution in [1.29, 1.82) is 0 Å². The van der Waals surface area contributed by atoms with Crippen molar-refractivity contribution in [1.82, 2.24) is 0 Å². The maximum absolute atomic E-state index is 11.1. The average molecular weight is 651 g/mol. The van der Waals surface area contributed by atoms with E-state index in [1.807, 2.05) is 28.7 Å². The van der Waals surface area contributed by atoms with Gasteiger partial charge in [0.1, 0.15) is 23.3 Å². The van der Waals surface area contributed by atoms with Gasteiger partial charge in [0.25, 0.3) is 0 Å². The average Bonchev–Trinajstić information content (AvgIpc) is 2.52. The molecule has 0 radical (unpaired) electrons. The van der Waals surface area contributed by atoms with Crippen LogP contribution in [0.2, 0.25) is 0 Å². The lowest BCUT2D eigenvalue weighted by Crippen LogP contribution is -2.34. The van der Waals surface area contributed by atoms with Crippen LogP contribution in [0.3, 0.4) is 0 Å². The Kier molecular flexibility index (Phi) is 6.74. The van der Waals surface area contributed by atoms with Crippen LogP contribution in [0, 0.1) is 7.14 Å². The molecule has 0 bridgehead atoms. The molecule has 0 saturated heterocycles. The van der Waals surface area contributed by atoms with Crippen molar-refractivity contribution in [2.45, 2.75) is 9.97 Å². The van der Waals surface area contributed by atoms with Crippen LogP contribution in [0.5, 0.6) is 17.2 Å². The summed E-state index contributed by atoms with van der Waals surface area (Å²) in [4.78, 5) is 11.1. The van der Waals surface area contributed by atoms with Crippen molar-refractivity contribution >= 4 is 73.7 Å². The van der Waals surface area contributed by atoms with E-state index in [1.54, 1.807) is 30.3 Å². The molecule has 0 fully saturated rings. The number of benzene rings is 2. The molecule has 2 atom stereocenters. The van der Waals surface area contributed by atoms with Gasteiger partial charge in [0.05, 0.1) is 7.49 Å². The van der Waals surface area contributed by atoms with E-state index in [0.29, 0.717) is 11.5 Å². The van der Waals surface area contributed by atoms with Gasteiger partial charge < -0.3 is 20.7 Å². The van der Waals surface area contributed by atoms with Crippen molar-refractivity contribution in [3.05, 3.63) is 49.1 Å². The molecule has 2 aromatic carbocycles. The minimum Gasteiger partial charge on any atom is -0.508 e. The number of aromatic hydroxyl groups is 1. The summed E-state index contributed by atoms with van der Waals surface area (Å²) in [5.74, 6) is 0.418. The standard InChI is InChI=1S/C15H12I3NO4/c16-11-9(12(17)14(19)15(21)22)5-6-10(13(11)18)23-8-3-1-7(20)2-4-8/h1-6,12,14,20H,19H2,(H,21,22)/t12?,14-/m0/s1. The van der Waals surface area contributed by atoms with E-state index in [2.05, 4.69) is 45.2 Å². The van der Waals surface area contributed by atoms with E-state index < -0.39 is 12.0 Å². The van der Waals surface area contributed by atoms with E-state index >= 15 is 0 Å². The molecular weight excluding hydrogens is 639 g/mol. The number of ether oxygens (including phenoxy) is 1. The van der Waals surface area contributed by atoms with Gasteiger partial charge in [0.15, 0.2) is 0 Å². The van der Waals surface area contributed by atoms with E-state index in [9.17, 15) is 9.90 Å². The molecule has 0 aliphatic heterocycles. The molecule has 2 rings (SSSR count). The van der Waals surface area contributed by atoms with Crippen LogP contribution < -0.4 is 10.5 Å². The molecular formula is C15H12I3NO4.